The molecule has 1 aromatic carbocycles. The van der Waals surface area contributed by atoms with Crippen LogP contribution in [0.25, 0.3) is 10.2 Å². The van der Waals surface area contributed by atoms with E-state index in [0.717, 1.165) is 0 Å². The minimum atomic E-state index is -4.61. The van der Waals surface area contributed by atoms with Crippen LogP contribution in [0.15, 0.2) is 22.5 Å². The number of fused-ring (bicyclic) bond motifs is 1. The van der Waals surface area contributed by atoms with Gasteiger partial charge >= 0.3 is 0 Å². The maximum atomic E-state index is 10.7. The van der Waals surface area contributed by atoms with Crippen LogP contribution in [0.3, 0.4) is 0 Å². The van der Waals surface area contributed by atoms with Gasteiger partial charge in [-0.2, -0.15) is 0 Å². The molecule has 0 unspecified atom stereocenters. The van der Waals surface area contributed by atoms with Crippen LogP contribution >= 0.6 is 11.3 Å². The summed E-state index contributed by atoms with van der Waals surface area (Å²) in [7, 11) is -4.61. The van der Waals surface area contributed by atoms with Gasteiger partial charge in [-0.05, 0) is 6.07 Å². The summed E-state index contributed by atoms with van der Waals surface area (Å²) in [6.07, 6.45) is 0. The van der Waals surface area contributed by atoms with Crippen molar-refractivity contribution in [3.8, 4) is 0 Å². The Morgan fingerprint density at radius 3 is 2.62 bits per heavy atom. The number of hydrogen-bond donors (Lipinski definition) is 0. The summed E-state index contributed by atoms with van der Waals surface area (Å²) in [4.78, 5) is 13.4. The monoisotopic (exact) mass is 259 g/mol. The van der Waals surface area contributed by atoms with Crippen molar-refractivity contribution in [3.05, 3.63) is 28.3 Å². The second kappa shape index (κ2) is 3.47. The SMILES string of the molecule is O=[N+]([O-])c1ccc2nc(S(=O)(=O)[O-])sc2c1. The standard InChI is InChI=1S/C7H4N2O5S2/c10-9(11)4-1-2-5-6(3-4)15-7(8-5)16(12,13)14/h1-3H,(H,12,13,14)/p-1. The number of thiazole rings is 1. The van der Waals surface area contributed by atoms with Gasteiger partial charge in [-0.25, -0.2) is 13.4 Å². The van der Waals surface area contributed by atoms with E-state index in [1.807, 2.05) is 0 Å². The van der Waals surface area contributed by atoms with Crippen LogP contribution < -0.4 is 0 Å². The highest BCUT2D eigenvalue weighted by Gasteiger charge is 2.13. The summed E-state index contributed by atoms with van der Waals surface area (Å²) in [6.45, 7) is 0. The zero-order chi connectivity index (χ0) is 11.9. The molecule has 0 aliphatic rings. The molecule has 7 nitrogen and oxygen atoms in total. The van der Waals surface area contributed by atoms with E-state index in [1.54, 1.807) is 0 Å². The fourth-order valence-corrected chi connectivity index (χ4v) is 2.73. The zero-order valence-corrected chi connectivity index (χ0v) is 9.12. The third-order valence-electron chi connectivity index (χ3n) is 1.78. The van der Waals surface area contributed by atoms with E-state index in [0.29, 0.717) is 16.0 Å². The Morgan fingerprint density at radius 1 is 1.38 bits per heavy atom. The molecule has 0 bridgehead atoms. The first-order valence-corrected chi connectivity index (χ1v) is 6.11. The molecule has 16 heavy (non-hydrogen) atoms. The van der Waals surface area contributed by atoms with Gasteiger partial charge in [-0.15, -0.1) is 11.3 Å². The normalized spacial score (nSPS) is 11.8. The van der Waals surface area contributed by atoms with Gasteiger partial charge in [0.1, 0.15) is 0 Å². The molecule has 2 aromatic rings. The molecule has 0 aliphatic carbocycles. The largest absolute Gasteiger partial charge is 0.742 e. The lowest BCUT2D eigenvalue weighted by Crippen LogP contribution is -1.96. The number of rotatable bonds is 2. The molecular weight excluding hydrogens is 256 g/mol. The molecule has 1 aromatic heterocycles. The van der Waals surface area contributed by atoms with E-state index in [-0.39, 0.29) is 11.2 Å². The van der Waals surface area contributed by atoms with Crippen molar-refractivity contribution in [3.63, 3.8) is 0 Å². The highest BCUT2D eigenvalue weighted by atomic mass is 32.3. The van der Waals surface area contributed by atoms with Crippen molar-refractivity contribution in [2.45, 2.75) is 4.34 Å². The molecular formula is C7H3N2O5S2-. The molecule has 0 saturated heterocycles. The number of benzene rings is 1. The maximum Gasteiger partial charge on any atom is 0.270 e. The van der Waals surface area contributed by atoms with E-state index in [2.05, 4.69) is 4.98 Å². The first kappa shape index (κ1) is 10.9. The van der Waals surface area contributed by atoms with E-state index in [1.165, 1.54) is 18.2 Å². The molecule has 0 saturated carbocycles. The number of nitro benzene ring substituents is 1. The van der Waals surface area contributed by atoms with Crippen molar-refractivity contribution in [1.82, 2.24) is 4.98 Å². The number of nitrogens with zero attached hydrogens (tertiary/aromatic N) is 2. The molecule has 84 valence electrons. The van der Waals surface area contributed by atoms with Gasteiger partial charge in [0.05, 0.1) is 15.1 Å². The van der Waals surface area contributed by atoms with Crippen LogP contribution in [0.5, 0.6) is 0 Å². The third-order valence-corrected chi connectivity index (χ3v) is 3.97. The highest BCUT2D eigenvalue weighted by Crippen LogP contribution is 2.28. The lowest BCUT2D eigenvalue weighted by molar-refractivity contribution is -0.384. The molecule has 0 atom stereocenters. The third kappa shape index (κ3) is 1.87. The summed E-state index contributed by atoms with van der Waals surface area (Å²) in [5.74, 6) is 0. The van der Waals surface area contributed by atoms with Crippen LogP contribution in [0, 0.1) is 10.1 Å². The molecule has 0 spiro atoms. The van der Waals surface area contributed by atoms with Crippen LogP contribution in [-0.4, -0.2) is 22.9 Å². The van der Waals surface area contributed by atoms with Gasteiger partial charge in [0.15, 0.2) is 14.5 Å². The first-order chi connectivity index (χ1) is 7.38. The van der Waals surface area contributed by atoms with E-state index in [4.69, 9.17) is 0 Å². The number of hydrogen-bond acceptors (Lipinski definition) is 7. The highest BCUT2D eigenvalue weighted by molar-refractivity contribution is 7.88. The maximum absolute atomic E-state index is 10.7. The average Bonchev–Trinajstić information content (AvgIpc) is 2.58. The summed E-state index contributed by atoms with van der Waals surface area (Å²) in [5.41, 5.74) is 0.0796. The Balaban J connectivity index is 2.68. The molecule has 0 amide bonds. The molecule has 0 aliphatic heterocycles. The first-order valence-electron chi connectivity index (χ1n) is 3.89. The van der Waals surface area contributed by atoms with Gasteiger partial charge in [0.2, 0.25) is 0 Å². The van der Waals surface area contributed by atoms with Gasteiger partial charge in [0.25, 0.3) is 5.69 Å². The lowest BCUT2D eigenvalue weighted by Gasteiger charge is -1.98. The van der Waals surface area contributed by atoms with Crippen LogP contribution in [0.4, 0.5) is 5.69 Å². The fraction of sp³-hybridized carbons (Fsp3) is 0. The summed E-state index contributed by atoms with van der Waals surface area (Å²) in [5, 5.41) is 10.5. The molecule has 0 fully saturated rings. The van der Waals surface area contributed by atoms with Crippen molar-refractivity contribution in [2.24, 2.45) is 0 Å². The summed E-state index contributed by atoms with van der Waals surface area (Å²) in [6, 6.07) is 3.68. The fourth-order valence-electron chi connectivity index (χ4n) is 1.11. The van der Waals surface area contributed by atoms with E-state index in [9.17, 15) is 23.1 Å². The number of nitro groups is 1. The van der Waals surface area contributed by atoms with Crippen LogP contribution in [0.2, 0.25) is 0 Å². The van der Waals surface area contributed by atoms with Crippen molar-refractivity contribution in [1.29, 1.82) is 0 Å². The molecule has 1 heterocycles. The number of aromatic nitrogens is 1. The van der Waals surface area contributed by atoms with E-state index >= 15 is 0 Å². The minimum absolute atomic E-state index is 0.175. The zero-order valence-electron chi connectivity index (χ0n) is 7.48. The summed E-state index contributed by atoms with van der Waals surface area (Å²) < 4.78 is 31.8. The number of non-ortho nitro benzene ring substituents is 1. The molecule has 2 rings (SSSR count). The van der Waals surface area contributed by atoms with Crippen molar-refractivity contribution in [2.75, 3.05) is 0 Å². The van der Waals surface area contributed by atoms with Gasteiger partial charge < -0.3 is 4.55 Å². The minimum Gasteiger partial charge on any atom is -0.742 e. The predicted molar refractivity (Wildman–Crippen MR) is 54.2 cm³/mol. The van der Waals surface area contributed by atoms with Gasteiger partial charge in [-0.1, -0.05) is 0 Å². The Kier molecular flexibility index (Phi) is 2.37. The van der Waals surface area contributed by atoms with Crippen molar-refractivity contribution >= 4 is 37.4 Å². The smallest absolute Gasteiger partial charge is 0.270 e. The van der Waals surface area contributed by atoms with Crippen molar-refractivity contribution < 1.29 is 17.9 Å². The molecule has 0 radical (unpaired) electrons. The van der Waals surface area contributed by atoms with Gasteiger partial charge in [0, 0.05) is 12.1 Å². The molecule has 0 N–H and O–H groups in total. The topological polar surface area (TPSA) is 113 Å². The lowest BCUT2D eigenvalue weighted by atomic mass is 10.3. The predicted octanol–water partition coefficient (Wildman–Crippen LogP) is 1.11. The van der Waals surface area contributed by atoms with Gasteiger partial charge in [-0.3, -0.25) is 10.1 Å². The summed E-state index contributed by atoms with van der Waals surface area (Å²) >= 11 is 0.620. The Morgan fingerprint density at radius 2 is 2.06 bits per heavy atom. The Bertz CT molecular complexity index is 675. The second-order valence-electron chi connectivity index (χ2n) is 2.84. The molecule has 9 heteroatoms. The van der Waals surface area contributed by atoms with Crippen LogP contribution in [0.1, 0.15) is 0 Å². The Labute approximate surface area is 93.3 Å². The van der Waals surface area contributed by atoms with Crippen LogP contribution in [-0.2, 0) is 10.1 Å². The second-order valence-corrected chi connectivity index (χ2v) is 5.43. The van der Waals surface area contributed by atoms with E-state index < -0.39 is 19.4 Å². The quantitative estimate of drug-likeness (QED) is 0.453. The Hall–Kier alpha value is -1.58. The average molecular weight is 259 g/mol.